The van der Waals surface area contributed by atoms with Gasteiger partial charge >= 0.3 is 5.97 Å². The van der Waals surface area contributed by atoms with Gasteiger partial charge < -0.3 is 10.0 Å². The van der Waals surface area contributed by atoms with Gasteiger partial charge in [-0.2, -0.15) is 0 Å². The second-order valence-electron chi connectivity index (χ2n) is 5.17. The molecule has 1 amide bonds. The van der Waals surface area contributed by atoms with Crippen molar-refractivity contribution in [1.82, 2.24) is 4.90 Å². The van der Waals surface area contributed by atoms with Crippen LogP contribution in [0.25, 0.3) is 0 Å². The van der Waals surface area contributed by atoms with Crippen molar-refractivity contribution in [2.45, 2.75) is 12.0 Å². The van der Waals surface area contributed by atoms with E-state index in [1.807, 2.05) is 30.3 Å². The third kappa shape index (κ3) is 2.09. The minimum absolute atomic E-state index is 0.142. The van der Waals surface area contributed by atoms with Crippen LogP contribution in [0.3, 0.4) is 0 Å². The van der Waals surface area contributed by atoms with Crippen LogP contribution in [0.5, 0.6) is 0 Å². The molecule has 2 aromatic carbocycles. The second-order valence-corrected chi connectivity index (χ2v) is 5.17. The minimum Gasteiger partial charge on any atom is -0.481 e. The molecule has 0 radical (unpaired) electrons. The Labute approximate surface area is 122 Å². The van der Waals surface area contributed by atoms with Gasteiger partial charge in [-0.1, -0.05) is 48.5 Å². The Kier molecular flexibility index (Phi) is 3.22. The first-order chi connectivity index (χ1) is 10.1. The summed E-state index contributed by atoms with van der Waals surface area (Å²) in [7, 11) is 1.66. The van der Waals surface area contributed by atoms with E-state index in [0.29, 0.717) is 11.1 Å². The van der Waals surface area contributed by atoms with Gasteiger partial charge in [0, 0.05) is 12.6 Å². The number of hydrogen-bond donors (Lipinski definition) is 1. The molecule has 1 aliphatic heterocycles. The molecule has 106 valence electrons. The number of likely N-dealkylation sites (N-methyl/N-ethyl adjacent to an activating group) is 1. The SMILES string of the molecule is CN1C(=O)c2ccccc2C(C(=O)O)C1c1ccccc1. The lowest BCUT2D eigenvalue weighted by Crippen LogP contribution is -2.42. The molecule has 4 heteroatoms. The highest BCUT2D eigenvalue weighted by molar-refractivity contribution is 6.00. The van der Waals surface area contributed by atoms with E-state index >= 15 is 0 Å². The molecule has 2 aromatic rings. The van der Waals surface area contributed by atoms with Crippen molar-refractivity contribution in [2.24, 2.45) is 0 Å². The summed E-state index contributed by atoms with van der Waals surface area (Å²) in [4.78, 5) is 25.8. The van der Waals surface area contributed by atoms with E-state index in [2.05, 4.69) is 0 Å². The van der Waals surface area contributed by atoms with Gasteiger partial charge in [0.05, 0.1) is 6.04 Å². The van der Waals surface area contributed by atoms with Crippen molar-refractivity contribution in [3.05, 3.63) is 71.3 Å². The molecule has 2 unspecified atom stereocenters. The fraction of sp³-hybridized carbons (Fsp3) is 0.176. The summed E-state index contributed by atoms with van der Waals surface area (Å²) >= 11 is 0. The number of nitrogens with zero attached hydrogens (tertiary/aromatic N) is 1. The number of benzene rings is 2. The van der Waals surface area contributed by atoms with Crippen LogP contribution in [0.15, 0.2) is 54.6 Å². The minimum atomic E-state index is -0.921. The molecule has 1 aliphatic rings. The first-order valence-corrected chi connectivity index (χ1v) is 6.75. The lowest BCUT2D eigenvalue weighted by molar-refractivity contribution is -0.140. The monoisotopic (exact) mass is 281 g/mol. The zero-order chi connectivity index (χ0) is 15.0. The number of carbonyl (C=O) groups is 2. The van der Waals surface area contributed by atoms with Gasteiger partial charge in [0.25, 0.3) is 5.91 Å². The lowest BCUT2D eigenvalue weighted by Gasteiger charge is -2.38. The number of fused-ring (bicyclic) bond motifs is 1. The zero-order valence-electron chi connectivity index (χ0n) is 11.6. The molecule has 0 saturated heterocycles. The van der Waals surface area contributed by atoms with E-state index in [4.69, 9.17) is 0 Å². The van der Waals surface area contributed by atoms with Crippen LogP contribution in [0, 0.1) is 0 Å². The Bertz CT molecular complexity index is 696. The molecule has 0 bridgehead atoms. The van der Waals surface area contributed by atoms with Crippen LogP contribution in [0.2, 0.25) is 0 Å². The summed E-state index contributed by atoms with van der Waals surface area (Å²) in [6.45, 7) is 0. The van der Waals surface area contributed by atoms with E-state index < -0.39 is 17.9 Å². The van der Waals surface area contributed by atoms with Gasteiger partial charge in [0.1, 0.15) is 5.92 Å². The van der Waals surface area contributed by atoms with Crippen LogP contribution in [-0.2, 0) is 4.79 Å². The molecule has 4 nitrogen and oxygen atoms in total. The lowest BCUT2D eigenvalue weighted by atomic mass is 9.80. The largest absolute Gasteiger partial charge is 0.481 e. The number of carbonyl (C=O) groups excluding carboxylic acids is 1. The summed E-state index contributed by atoms with van der Waals surface area (Å²) < 4.78 is 0. The average molecular weight is 281 g/mol. The molecule has 3 rings (SSSR count). The Morgan fingerprint density at radius 2 is 1.67 bits per heavy atom. The van der Waals surface area contributed by atoms with Crippen molar-refractivity contribution in [2.75, 3.05) is 7.05 Å². The maximum atomic E-state index is 12.5. The fourth-order valence-electron chi connectivity index (χ4n) is 3.01. The molecule has 0 fully saturated rings. The number of carboxylic acid groups (broad SMARTS) is 1. The molecule has 2 atom stereocenters. The standard InChI is InChI=1S/C17H15NO3/c1-18-15(11-7-3-2-4-8-11)14(17(20)21)12-9-5-6-10-13(12)16(18)19/h2-10,14-15H,1H3,(H,20,21). The zero-order valence-corrected chi connectivity index (χ0v) is 11.6. The smallest absolute Gasteiger partial charge is 0.313 e. The molecular formula is C17H15NO3. The second kappa shape index (κ2) is 5.05. The van der Waals surface area contributed by atoms with E-state index in [0.717, 1.165) is 5.56 Å². The fourth-order valence-corrected chi connectivity index (χ4v) is 3.01. The highest BCUT2D eigenvalue weighted by Gasteiger charge is 2.42. The molecule has 1 heterocycles. The topological polar surface area (TPSA) is 57.6 Å². The number of rotatable bonds is 2. The third-order valence-electron chi connectivity index (χ3n) is 3.99. The highest BCUT2D eigenvalue weighted by atomic mass is 16.4. The van der Waals surface area contributed by atoms with Crippen molar-refractivity contribution >= 4 is 11.9 Å². The van der Waals surface area contributed by atoms with Crippen LogP contribution < -0.4 is 0 Å². The van der Waals surface area contributed by atoms with Crippen molar-refractivity contribution in [1.29, 1.82) is 0 Å². The predicted molar refractivity (Wildman–Crippen MR) is 78.1 cm³/mol. The van der Waals surface area contributed by atoms with Crippen LogP contribution in [0.1, 0.15) is 33.4 Å². The van der Waals surface area contributed by atoms with E-state index in [1.165, 1.54) is 4.90 Å². The summed E-state index contributed by atoms with van der Waals surface area (Å²) in [6, 6.07) is 15.8. The van der Waals surface area contributed by atoms with Gasteiger partial charge in [-0.3, -0.25) is 9.59 Å². The predicted octanol–water partition coefficient (Wildman–Crippen LogP) is 2.68. The normalized spacial score (nSPS) is 21.0. The first-order valence-electron chi connectivity index (χ1n) is 6.75. The van der Waals surface area contributed by atoms with Gasteiger partial charge in [0.2, 0.25) is 0 Å². The summed E-state index contributed by atoms with van der Waals surface area (Å²) in [5, 5.41) is 9.68. The van der Waals surface area contributed by atoms with Crippen LogP contribution in [0.4, 0.5) is 0 Å². The summed E-state index contributed by atoms with van der Waals surface area (Å²) in [6.07, 6.45) is 0. The number of carboxylic acids is 1. The molecule has 1 N–H and O–H groups in total. The first kappa shape index (κ1) is 13.4. The van der Waals surface area contributed by atoms with Crippen molar-refractivity contribution in [3.63, 3.8) is 0 Å². The molecule has 0 saturated carbocycles. The number of amides is 1. The molecular weight excluding hydrogens is 266 g/mol. The van der Waals surface area contributed by atoms with E-state index in [9.17, 15) is 14.7 Å². The maximum Gasteiger partial charge on any atom is 0.313 e. The summed E-state index contributed by atoms with van der Waals surface area (Å²) in [5.74, 6) is -1.82. The van der Waals surface area contributed by atoms with E-state index in [1.54, 1.807) is 31.3 Å². The van der Waals surface area contributed by atoms with Crippen LogP contribution in [-0.4, -0.2) is 28.9 Å². The number of hydrogen-bond acceptors (Lipinski definition) is 2. The maximum absolute atomic E-state index is 12.5. The van der Waals surface area contributed by atoms with Gasteiger partial charge in [0.15, 0.2) is 0 Å². The Balaban J connectivity index is 2.20. The molecule has 0 aromatic heterocycles. The van der Waals surface area contributed by atoms with Crippen molar-refractivity contribution < 1.29 is 14.7 Å². The number of aliphatic carboxylic acids is 1. The van der Waals surface area contributed by atoms with Gasteiger partial charge in [-0.25, -0.2) is 0 Å². The molecule has 21 heavy (non-hydrogen) atoms. The third-order valence-corrected chi connectivity index (χ3v) is 3.99. The van der Waals surface area contributed by atoms with E-state index in [-0.39, 0.29) is 5.91 Å². The Morgan fingerprint density at radius 3 is 2.33 bits per heavy atom. The van der Waals surface area contributed by atoms with Gasteiger partial charge in [-0.15, -0.1) is 0 Å². The van der Waals surface area contributed by atoms with Gasteiger partial charge in [-0.05, 0) is 17.2 Å². The Morgan fingerprint density at radius 1 is 1.05 bits per heavy atom. The highest BCUT2D eigenvalue weighted by Crippen LogP contribution is 2.41. The van der Waals surface area contributed by atoms with Crippen molar-refractivity contribution in [3.8, 4) is 0 Å². The quantitative estimate of drug-likeness (QED) is 0.920. The Hall–Kier alpha value is -2.62. The molecule has 0 spiro atoms. The van der Waals surface area contributed by atoms with Crippen LogP contribution >= 0.6 is 0 Å². The average Bonchev–Trinajstić information content (AvgIpc) is 2.51. The molecule has 0 aliphatic carbocycles. The summed E-state index contributed by atoms with van der Waals surface area (Å²) in [5.41, 5.74) is 1.89.